The minimum Gasteiger partial charge on any atom is -0.353 e. The van der Waals surface area contributed by atoms with Gasteiger partial charge in [0.25, 0.3) is 5.56 Å². The van der Waals surface area contributed by atoms with Gasteiger partial charge in [0, 0.05) is 19.7 Å². The minimum absolute atomic E-state index is 0.0841. The van der Waals surface area contributed by atoms with Gasteiger partial charge in [0.15, 0.2) is 0 Å². The van der Waals surface area contributed by atoms with Gasteiger partial charge in [-0.2, -0.15) is 0 Å². The van der Waals surface area contributed by atoms with Gasteiger partial charge in [0.2, 0.25) is 5.91 Å². The number of aromatic nitrogens is 1. The summed E-state index contributed by atoms with van der Waals surface area (Å²) in [7, 11) is 0. The van der Waals surface area contributed by atoms with Crippen LogP contribution in [0.15, 0.2) is 23.1 Å². The molecule has 0 radical (unpaired) electrons. The molecule has 4 nitrogen and oxygen atoms in total. The Morgan fingerprint density at radius 3 is 3.00 bits per heavy atom. The molecule has 0 saturated carbocycles. The Bertz CT molecular complexity index is 437. The summed E-state index contributed by atoms with van der Waals surface area (Å²) in [6.07, 6.45) is 5.08. The SMILES string of the molecule is CC(=O)NCC=Cc1c[nH]c(=O)c(Cl)c1. The highest BCUT2D eigenvalue weighted by Crippen LogP contribution is 2.05. The largest absolute Gasteiger partial charge is 0.353 e. The number of aromatic amines is 1. The lowest BCUT2D eigenvalue weighted by atomic mass is 10.2. The molecular weight excluding hydrogens is 216 g/mol. The van der Waals surface area contributed by atoms with Gasteiger partial charge >= 0.3 is 0 Å². The molecule has 0 aromatic carbocycles. The van der Waals surface area contributed by atoms with Crippen LogP contribution in [0.4, 0.5) is 0 Å². The average Bonchev–Trinajstić information content (AvgIpc) is 2.18. The fraction of sp³-hybridized carbons (Fsp3) is 0.200. The lowest BCUT2D eigenvalue weighted by molar-refractivity contribution is -0.118. The number of amides is 1. The highest BCUT2D eigenvalue weighted by atomic mass is 35.5. The van der Waals surface area contributed by atoms with Crippen LogP contribution < -0.4 is 10.9 Å². The van der Waals surface area contributed by atoms with Gasteiger partial charge in [0.05, 0.1) is 0 Å². The second-order valence-electron chi connectivity index (χ2n) is 2.95. The first-order chi connectivity index (χ1) is 7.09. The molecular formula is C10H11ClN2O2. The van der Waals surface area contributed by atoms with Crippen LogP contribution in [-0.2, 0) is 4.79 Å². The Morgan fingerprint density at radius 2 is 2.40 bits per heavy atom. The Kier molecular flexibility index (Phi) is 4.12. The topological polar surface area (TPSA) is 62.0 Å². The monoisotopic (exact) mass is 226 g/mol. The number of hydrogen-bond acceptors (Lipinski definition) is 2. The van der Waals surface area contributed by atoms with Crippen LogP contribution in [0, 0.1) is 0 Å². The van der Waals surface area contributed by atoms with E-state index in [0.29, 0.717) is 6.54 Å². The van der Waals surface area contributed by atoms with Gasteiger partial charge < -0.3 is 10.3 Å². The normalized spacial score (nSPS) is 10.5. The molecule has 0 aliphatic heterocycles. The lowest BCUT2D eigenvalue weighted by Crippen LogP contribution is -2.19. The second kappa shape index (κ2) is 5.36. The van der Waals surface area contributed by atoms with E-state index in [-0.39, 0.29) is 16.5 Å². The molecule has 1 rings (SSSR count). The summed E-state index contributed by atoms with van der Waals surface area (Å²) in [5.74, 6) is -0.0841. The van der Waals surface area contributed by atoms with Crippen molar-refractivity contribution in [3.05, 3.63) is 39.3 Å². The number of nitrogens with one attached hydrogen (secondary N) is 2. The summed E-state index contributed by atoms with van der Waals surface area (Å²) in [6.45, 7) is 1.90. The van der Waals surface area contributed by atoms with Crippen LogP contribution >= 0.6 is 11.6 Å². The maximum absolute atomic E-state index is 10.9. The predicted octanol–water partition coefficient (Wildman–Crippen LogP) is 1.18. The third kappa shape index (κ3) is 3.99. The van der Waals surface area contributed by atoms with Crippen molar-refractivity contribution in [2.24, 2.45) is 0 Å². The first-order valence-electron chi connectivity index (χ1n) is 4.39. The van der Waals surface area contributed by atoms with Crippen molar-refractivity contribution in [2.75, 3.05) is 6.54 Å². The fourth-order valence-electron chi connectivity index (χ4n) is 0.965. The number of pyridine rings is 1. The number of halogens is 1. The second-order valence-corrected chi connectivity index (χ2v) is 3.36. The molecule has 15 heavy (non-hydrogen) atoms. The van der Waals surface area contributed by atoms with E-state index in [4.69, 9.17) is 11.6 Å². The molecule has 0 fully saturated rings. The van der Waals surface area contributed by atoms with E-state index in [1.807, 2.05) is 0 Å². The van der Waals surface area contributed by atoms with E-state index < -0.39 is 0 Å². The molecule has 1 aromatic rings. The highest BCUT2D eigenvalue weighted by Gasteiger charge is 1.94. The van der Waals surface area contributed by atoms with Crippen molar-refractivity contribution in [1.82, 2.24) is 10.3 Å². The van der Waals surface area contributed by atoms with E-state index >= 15 is 0 Å². The zero-order valence-corrected chi connectivity index (χ0v) is 8.97. The number of rotatable bonds is 3. The van der Waals surface area contributed by atoms with Crippen molar-refractivity contribution in [3.63, 3.8) is 0 Å². The fourth-order valence-corrected chi connectivity index (χ4v) is 1.15. The third-order valence-corrected chi connectivity index (χ3v) is 1.94. The van der Waals surface area contributed by atoms with Crippen molar-refractivity contribution in [3.8, 4) is 0 Å². The molecule has 1 heterocycles. The first-order valence-corrected chi connectivity index (χ1v) is 4.76. The van der Waals surface area contributed by atoms with Crippen LogP contribution in [0.5, 0.6) is 0 Å². The maximum atomic E-state index is 10.9. The molecule has 0 aliphatic carbocycles. The molecule has 0 bridgehead atoms. The number of carbonyl (C=O) groups is 1. The molecule has 1 aromatic heterocycles. The first kappa shape index (κ1) is 11.5. The van der Waals surface area contributed by atoms with E-state index in [1.54, 1.807) is 24.4 Å². The summed E-state index contributed by atoms with van der Waals surface area (Å²) < 4.78 is 0. The van der Waals surface area contributed by atoms with Crippen LogP contribution in [-0.4, -0.2) is 17.4 Å². The maximum Gasteiger partial charge on any atom is 0.266 e. The third-order valence-electron chi connectivity index (χ3n) is 1.66. The number of H-pyrrole nitrogens is 1. The Labute approximate surface area is 92.0 Å². The Hall–Kier alpha value is -1.55. The molecule has 2 N–H and O–H groups in total. The molecule has 0 atom stereocenters. The van der Waals surface area contributed by atoms with Gasteiger partial charge in [-0.3, -0.25) is 9.59 Å². The smallest absolute Gasteiger partial charge is 0.266 e. The van der Waals surface area contributed by atoms with Gasteiger partial charge in [-0.1, -0.05) is 23.8 Å². The van der Waals surface area contributed by atoms with Gasteiger partial charge in [-0.05, 0) is 11.6 Å². The number of hydrogen-bond donors (Lipinski definition) is 2. The number of carbonyl (C=O) groups excluding carboxylic acids is 1. The Morgan fingerprint density at radius 1 is 1.67 bits per heavy atom. The summed E-state index contributed by atoms with van der Waals surface area (Å²) in [6, 6.07) is 1.56. The van der Waals surface area contributed by atoms with E-state index in [0.717, 1.165) is 5.56 Å². The molecule has 5 heteroatoms. The predicted molar refractivity (Wildman–Crippen MR) is 59.8 cm³/mol. The zero-order valence-electron chi connectivity index (χ0n) is 8.21. The van der Waals surface area contributed by atoms with Crippen molar-refractivity contribution >= 4 is 23.6 Å². The minimum atomic E-state index is -0.310. The van der Waals surface area contributed by atoms with Gasteiger partial charge in [0.1, 0.15) is 5.02 Å². The summed E-state index contributed by atoms with van der Waals surface area (Å²) >= 11 is 5.63. The van der Waals surface area contributed by atoms with Crippen LogP contribution in [0.1, 0.15) is 12.5 Å². The van der Waals surface area contributed by atoms with Crippen molar-refractivity contribution in [2.45, 2.75) is 6.92 Å². The molecule has 1 amide bonds. The summed E-state index contributed by atoms with van der Waals surface area (Å²) in [5, 5.41) is 2.76. The van der Waals surface area contributed by atoms with Crippen LogP contribution in [0.25, 0.3) is 6.08 Å². The molecule has 80 valence electrons. The standard InChI is InChI=1S/C10H11ClN2O2/c1-7(14)12-4-2-3-8-5-9(11)10(15)13-6-8/h2-3,5-6H,4H2,1H3,(H,12,14)(H,13,15). The van der Waals surface area contributed by atoms with E-state index in [1.165, 1.54) is 6.92 Å². The van der Waals surface area contributed by atoms with Crippen LogP contribution in [0.3, 0.4) is 0 Å². The average molecular weight is 227 g/mol. The summed E-state index contributed by atoms with van der Waals surface area (Å²) in [5.41, 5.74) is 0.473. The lowest BCUT2D eigenvalue weighted by Gasteiger charge is -1.96. The van der Waals surface area contributed by atoms with Crippen molar-refractivity contribution < 1.29 is 4.79 Å². The van der Waals surface area contributed by atoms with Gasteiger partial charge in [-0.15, -0.1) is 0 Å². The molecule has 0 saturated heterocycles. The van der Waals surface area contributed by atoms with E-state index in [9.17, 15) is 9.59 Å². The Balaban J connectivity index is 2.61. The quantitative estimate of drug-likeness (QED) is 0.813. The van der Waals surface area contributed by atoms with Gasteiger partial charge in [-0.25, -0.2) is 0 Å². The zero-order chi connectivity index (χ0) is 11.3. The highest BCUT2D eigenvalue weighted by molar-refractivity contribution is 6.30. The van der Waals surface area contributed by atoms with Crippen molar-refractivity contribution in [1.29, 1.82) is 0 Å². The van der Waals surface area contributed by atoms with Crippen LogP contribution in [0.2, 0.25) is 5.02 Å². The molecule has 0 spiro atoms. The molecule has 0 unspecified atom stereocenters. The molecule has 0 aliphatic rings. The van der Waals surface area contributed by atoms with E-state index in [2.05, 4.69) is 10.3 Å². The summed E-state index contributed by atoms with van der Waals surface area (Å²) in [4.78, 5) is 24.0.